The first kappa shape index (κ1) is 12.6. The molecule has 2 aromatic carbocycles. The summed E-state index contributed by atoms with van der Waals surface area (Å²) < 4.78 is 0. The van der Waals surface area contributed by atoms with Crippen LogP contribution >= 0.6 is 0 Å². The molecule has 2 rings (SSSR count). The summed E-state index contributed by atoms with van der Waals surface area (Å²) in [6.07, 6.45) is 4.77. The van der Waals surface area contributed by atoms with E-state index in [1.807, 2.05) is 19.2 Å². The molecule has 2 aromatic rings. The molecule has 0 saturated heterocycles. The lowest BCUT2D eigenvalue weighted by atomic mass is 9.96. The predicted octanol–water partition coefficient (Wildman–Crippen LogP) is 4.88. The third-order valence-electron chi connectivity index (χ3n) is 3.17. The van der Waals surface area contributed by atoms with Crippen LogP contribution in [-0.4, -0.2) is 5.71 Å². The SMILES string of the molecule is C/C=C\N=C(CC)c1ccc(C)c2ccccc12. The lowest BCUT2D eigenvalue weighted by molar-refractivity contribution is 1.26. The molecular formula is C17H19N. The first-order chi connectivity index (χ1) is 8.77. The minimum absolute atomic E-state index is 0.942. The molecular weight excluding hydrogens is 218 g/mol. The van der Waals surface area contributed by atoms with Gasteiger partial charge in [0, 0.05) is 17.5 Å². The van der Waals surface area contributed by atoms with Gasteiger partial charge >= 0.3 is 0 Å². The molecule has 0 atom stereocenters. The van der Waals surface area contributed by atoms with Crippen molar-refractivity contribution in [3.63, 3.8) is 0 Å². The van der Waals surface area contributed by atoms with Crippen LogP contribution in [0.15, 0.2) is 53.7 Å². The van der Waals surface area contributed by atoms with E-state index < -0.39 is 0 Å². The first-order valence-electron chi connectivity index (χ1n) is 6.44. The second kappa shape index (κ2) is 5.63. The number of allylic oxidation sites excluding steroid dienone is 1. The van der Waals surface area contributed by atoms with Crippen molar-refractivity contribution in [3.8, 4) is 0 Å². The number of rotatable bonds is 3. The first-order valence-corrected chi connectivity index (χ1v) is 6.44. The summed E-state index contributed by atoms with van der Waals surface area (Å²) >= 11 is 0. The lowest BCUT2D eigenvalue weighted by Gasteiger charge is -2.10. The second-order valence-corrected chi connectivity index (χ2v) is 4.39. The van der Waals surface area contributed by atoms with Gasteiger partial charge in [-0.2, -0.15) is 0 Å². The number of hydrogen-bond donors (Lipinski definition) is 0. The van der Waals surface area contributed by atoms with Crippen LogP contribution in [0.3, 0.4) is 0 Å². The summed E-state index contributed by atoms with van der Waals surface area (Å²) in [6, 6.07) is 12.9. The minimum Gasteiger partial charge on any atom is -0.261 e. The van der Waals surface area contributed by atoms with Crippen molar-refractivity contribution in [3.05, 3.63) is 59.8 Å². The van der Waals surface area contributed by atoms with Crippen LogP contribution in [0, 0.1) is 6.92 Å². The van der Waals surface area contributed by atoms with Gasteiger partial charge in [-0.3, -0.25) is 4.99 Å². The van der Waals surface area contributed by atoms with E-state index in [2.05, 4.69) is 55.2 Å². The second-order valence-electron chi connectivity index (χ2n) is 4.39. The topological polar surface area (TPSA) is 12.4 Å². The van der Waals surface area contributed by atoms with Gasteiger partial charge in [-0.15, -0.1) is 0 Å². The molecule has 0 aliphatic carbocycles. The molecule has 1 heteroatoms. The largest absolute Gasteiger partial charge is 0.261 e. The maximum Gasteiger partial charge on any atom is 0.0479 e. The van der Waals surface area contributed by atoms with Gasteiger partial charge in [0.1, 0.15) is 0 Å². The van der Waals surface area contributed by atoms with E-state index in [0.717, 1.165) is 12.1 Å². The van der Waals surface area contributed by atoms with Gasteiger partial charge in [-0.05, 0) is 36.6 Å². The Kier molecular flexibility index (Phi) is 3.93. The number of aliphatic imine (C=N–C) groups is 1. The standard InChI is InChI=1S/C17H19N/c1-4-12-18-17(5-2)16-11-10-13(3)14-8-6-7-9-15(14)16/h4,6-12H,5H2,1-3H3/b12-4-,18-17?. The highest BCUT2D eigenvalue weighted by Crippen LogP contribution is 2.23. The summed E-state index contributed by atoms with van der Waals surface area (Å²) in [5, 5.41) is 2.61. The van der Waals surface area contributed by atoms with Crippen LogP contribution in [0.25, 0.3) is 10.8 Å². The van der Waals surface area contributed by atoms with Crippen molar-refractivity contribution < 1.29 is 0 Å². The highest BCUT2D eigenvalue weighted by atomic mass is 14.7. The van der Waals surface area contributed by atoms with E-state index in [9.17, 15) is 0 Å². The highest BCUT2D eigenvalue weighted by molar-refractivity contribution is 6.11. The molecule has 0 aliphatic heterocycles. The average molecular weight is 237 g/mol. The molecule has 0 N–H and O–H groups in total. The Morgan fingerprint density at radius 3 is 2.50 bits per heavy atom. The fraction of sp³-hybridized carbons (Fsp3) is 0.235. The van der Waals surface area contributed by atoms with Gasteiger partial charge in [0.15, 0.2) is 0 Å². The Balaban J connectivity index is 2.68. The van der Waals surface area contributed by atoms with E-state index in [1.165, 1.54) is 21.9 Å². The van der Waals surface area contributed by atoms with Crippen LogP contribution in [0.2, 0.25) is 0 Å². The molecule has 0 bridgehead atoms. The van der Waals surface area contributed by atoms with Gasteiger partial charge in [-0.25, -0.2) is 0 Å². The molecule has 1 nitrogen and oxygen atoms in total. The molecule has 18 heavy (non-hydrogen) atoms. The molecule has 0 amide bonds. The third-order valence-corrected chi connectivity index (χ3v) is 3.17. The zero-order valence-corrected chi connectivity index (χ0v) is 11.3. The fourth-order valence-electron chi connectivity index (χ4n) is 2.22. The van der Waals surface area contributed by atoms with Crippen molar-refractivity contribution in [2.45, 2.75) is 27.2 Å². The smallest absolute Gasteiger partial charge is 0.0479 e. The van der Waals surface area contributed by atoms with E-state index >= 15 is 0 Å². The van der Waals surface area contributed by atoms with Gasteiger partial charge in [0.2, 0.25) is 0 Å². The lowest BCUT2D eigenvalue weighted by Crippen LogP contribution is -2.00. The van der Waals surface area contributed by atoms with E-state index in [1.54, 1.807) is 0 Å². The van der Waals surface area contributed by atoms with Crippen LogP contribution in [0.1, 0.15) is 31.4 Å². The van der Waals surface area contributed by atoms with Crippen molar-refractivity contribution >= 4 is 16.5 Å². The van der Waals surface area contributed by atoms with Gasteiger partial charge < -0.3 is 0 Å². The molecule has 0 spiro atoms. The van der Waals surface area contributed by atoms with Crippen molar-refractivity contribution in [2.75, 3.05) is 0 Å². The summed E-state index contributed by atoms with van der Waals surface area (Å²) in [5.41, 5.74) is 3.71. The predicted molar refractivity (Wildman–Crippen MR) is 80.3 cm³/mol. The molecule has 0 unspecified atom stereocenters. The molecule has 0 radical (unpaired) electrons. The third kappa shape index (κ3) is 2.35. The minimum atomic E-state index is 0.942. The van der Waals surface area contributed by atoms with Crippen LogP contribution in [0.5, 0.6) is 0 Å². The Labute approximate surface area is 109 Å². The average Bonchev–Trinajstić information content (AvgIpc) is 2.42. The van der Waals surface area contributed by atoms with E-state index in [4.69, 9.17) is 0 Å². The molecule has 92 valence electrons. The Hall–Kier alpha value is -1.89. The van der Waals surface area contributed by atoms with Crippen molar-refractivity contribution in [2.24, 2.45) is 4.99 Å². The summed E-state index contributed by atoms with van der Waals surface area (Å²) in [5.74, 6) is 0. The van der Waals surface area contributed by atoms with Crippen molar-refractivity contribution in [1.82, 2.24) is 0 Å². The molecule has 0 aromatic heterocycles. The van der Waals surface area contributed by atoms with Gasteiger partial charge in [-0.1, -0.05) is 49.4 Å². The fourth-order valence-corrected chi connectivity index (χ4v) is 2.22. The van der Waals surface area contributed by atoms with Gasteiger partial charge in [0.25, 0.3) is 0 Å². The van der Waals surface area contributed by atoms with Crippen LogP contribution < -0.4 is 0 Å². The number of hydrogen-bond acceptors (Lipinski definition) is 1. The maximum absolute atomic E-state index is 4.55. The molecule has 0 aliphatic rings. The monoisotopic (exact) mass is 237 g/mol. The maximum atomic E-state index is 4.55. The number of aryl methyl sites for hydroxylation is 1. The van der Waals surface area contributed by atoms with Crippen LogP contribution in [0.4, 0.5) is 0 Å². The van der Waals surface area contributed by atoms with Gasteiger partial charge in [0.05, 0.1) is 0 Å². The Morgan fingerprint density at radius 1 is 1.11 bits per heavy atom. The molecule has 0 saturated carbocycles. The summed E-state index contributed by atoms with van der Waals surface area (Å²) in [7, 11) is 0. The normalized spacial score (nSPS) is 12.5. The number of fused-ring (bicyclic) bond motifs is 1. The van der Waals surface area contributed by atoms with Crippen molar-refractivity contribution in [1.29, 1.82) is 0 Å². The number of benzene rings is 2. The molecule has 0 heterocycles. The van der Waals surface area contributed by atoms with E-state index in [0.29, 0.717) is 0 Å². The zero-order valence-electron chi connectivity index (χ0n) is 11.3. The van der Waals surface area contributed by atoms with Crippen LogP contribution in [-0.2, 0) is 0 Å². The Morgan fingerprint density at radius 2 is 1.83 bits per heavy atom. The Bertz CT molecular complexity index is 606. The zero-order chi connectivity index (χ0) is 13.0. The highest BCUT2D eigenvalue weighted by Gasteiger charge is 2.07. The molecule has 0 fully saturated rings. The van der Waals surface area contributed by atoms with E-state index in [-0.39, 0.29) is 0 Å². The summed E-state index contributed by atoms with van der Waals surface area (Å²) in [4.78, 5) is 4.55. The summed E-state index contributed by atoms with van der Waals surface area (Å²) in [6.45, 7) is 6.29. The quantitative estimate of drug-likeness (QED) is 0.674. The number of nitrogens with zero attached hydrogens (tertiary/aromatic N) is 1.